The first-order chi connectivity index (χ1) is 14.4. The maximum Gasteiger partial charge on any atom is 0.307 e. The zero-order valence-corrected chi connectivity index (χ0v) is 16.6. The SMILES string of the molecule is C/C(=N\NC(=O)Cn1cc([N+](=O)[O-])cn1)c1ccc(OCc2ccccc2C)cc1. The van der Waals surface area contributed by atoms with Gasteiger partial charge < -0.3 is 4.74 Å². The van der Waals surface area contributed by atoms with Crippen molar-refractivity contribution in [3.63, 3.8) is 0 Å². The second-order valence-electron chi connectivity index (χ2n) is 6.62. The third kappa shape index (κ3) is 5.51. The van der Waals surface area contributed by atoms with E-state index in [1.54, 1.807) is 6.92 Å². The summed E-state index contributed by atoms with van der Waals surface area (Å²) in [5, 5.41) is 18.5. The van der Waals surface area contributed by atoms with Gasteiger partial charge in [-0.3, -0.25) is 19.6 Å². The maximum absolute atomic E-state index is 12.0. The van der Waals surface area contributed by atoms with Gasteiger partial charge in [-0.1, -0.05) is 24.3 Å². The number of nitro groups is 1. The fourth-order valence-corrected chi connectivity index (χ4v) is 2.65. The summed E-state index contributed by atoms with van der Waals surface area (Å²) in [5.41, 5.74) is 5.99. The molecule has 2 aromatic carbocycles. The molecule has 0 saturated carbocycles. The quantitative estimate of drug-likeness (QED) is 0.350. The van der Waals surface area contributed by atoms with Crippen LogP contribution in [0.3, 0.4) is 0 Å². The number of carbonyl (C=O) groups is 1. The molecule has 1 amide bonds. The number of hydrogen-bond acceptors (Lipinski definition) is 6. The highest BCUT2D eigenvalue weighted by Gasteiger charge is 2.11. The minimum absolute atomic E-state index is 0.170. The predicted octanol–water partition coefficient (Wildman–Crippen LogP) is 3.22. The number of benzene rings is 2. The van der Waals surface area contributed by atoms with Gasteiger partial charge in [0.1, 0.15) is 31.3 Å². The normalized spacial score (nSPS) is 11.2. The van der Waals surface area contributed by atoms with E-state index >= 15 is 0 Å². The van der Waals surface area contributed by atoms with Crippen LogP contribution in [0.25, 0.3) is 0 Å². The number of aromatic nitrogens is 2. The number of rotatable bonds is 8. The summed E-state index contributed by atoms with van der Waals surface area (Å²) in [4.78, 5) is 22.0. The van der Waals surface area contributed by atoms with Crippen LogP contribution >= 0.6 is 0 Å². The number of nitrogens with one attached hydrogen (secondary N) is 1. The van der Waals surface area contributed by atoms with E-state index in [0.717, 1.165) is 23.1 Å². The van der Waals surface area contributed by atoms with E-state index in [-0.39, 0.29) is 12.2 Å². The average Bonchev–Trinajstić information content (AvgIpc) is 3.20. The first kappa shape index (κ1) is 20.7. The molecule has 9 nitrogen and oxygen atoms in total. The number of amides is 1. The topological polar surface area (TPSA) is 112 Å². The van der Waals surface area contributed by atoms with Crippen LogP contribution in [0.2, 0.25) is 0 Å². The monoisotopic (exact) mass is 407 g/mol. The minimum atomic E-state index is -0.571. The van der Waals surface area contributed by atoms with Crippen LogP contribution < -0.4 is 10.2 Å². The summed E-state index contributed by atoms with van der Waals surface area (Å²) >= 11 is 0. The zero-order valence-electron chi connectivity index (χ0n) is 16.6. The molecule has 0 saturated heterocycles. The Hall–Kier alpha value is -4.01. The van der Waals surface area contributed by atoms with Crippen molar-refractivity contribution >= 4 is 17.3 Å². The van der Waals surface area contributed by atoms with Crippen LogP contribution in [0.15, 0.2) is 66.0 Å². The van der Waals surface area contributed by atoms with Crippen molar-refractivity contribution in [2.45, 2.75) is 27.0 Å². The molecule has 0 radical (unpaired) electrons. The lowest BCUT2D eigenvalue weighted by Crippen LogP contribution is -2.24. The van der Waals surface area contributed by atoms with Crippen molar-refractivity contribution in [2.24, 2.45) is 5.10 Å². The fourth-order valence-electron chi connectivity index (χ4n) is 2.65. The van der Waals surface area contributed by atoms with Crippen LogP contribution in [0.1, 0.15) is 23.6 Å². The fraction of sp³-hybridized carbons (Fsp3) is 0.190. The molecule has 9 heteroatoms. The first-order valence-electron chi connectivity index (χ1n) is 9.20. The lowest BCUT2D eigenvalue weighted by atomic mass is 10.1. The minimum Gasteiger partial charge on any atom is -0.489 e. The molecule has 3 aromatic rings. The lowest BCUT2D eigenvalue weighted by molar-refractivity contribution is -0.385. The zero-order chi connectivity index (χ0) is 21.5. The maximum atomic E-state index is 12.0. The number of hydrogen-bond donors (Lipinski definition) is 1. The van der Waals surface area contributed by atoms with Crippen molar-refractivity contribution in [1.82, 2.24) is 15.2 Å². The molecule has 0 aliphatic heterocycles. The number of hydrazone groups is 1. The van der Waals surface area contributed by atoms with Gasteiger partial charge in [-0.15, -0.1) is 0 Å². The molecule has 0 aliphatic carbocycles. The van der Waals surface area contributed by atoms with Crippen LogP contribution in [0.4, 0.5) is 5.69 Å². The third-order valence-corrected chi connectivity index (χ3v) is 4.41. The van der Waals surface area contributed by atoms with Gasteiger partial charge in [0.05, 0.1) is 10.6 Å². The molecule has 1 heterocycles. The van der Waals surface area contributed by atoms with Crippen molar-refractivity contribution in [2.75, 3.05) is 0 Å². The van der Waals surface area contributed by atoms with Crippen molar-refractivity contribution in [1.29, 1.82) is 0 Å². The van der Waals surface area contributed by atoms with Gasteiger partial charge in [-0.2, -0.15) is 10.2 Å². The van der Waals surface area contributed by atoms with Crippen molar-refractivity contribution in [3.8, 4) is 5.75 Å². The molecule has 0 atom stereocenters. The van der Waals surface area contributed by atoms with E-state index in [0.29, 0.717) is 12.3 Å². The highest BCUT2D eigenvalue weighted by atomic mass is 16.6. The molecule has 154 valence electrons. The van der Waals surface area contributed by atoms with Gasteiger partial charge in [-0.05, 0) is 54.8 Å². The van der Waals surface area contributed by atoms with E-state index in [9.17, 15) is 14.9 Å². The smallest absolute Gasteiger partial charge is 0.307 e. The highest BCUT2D eigenvalue weighted by Crippen LogP contribution is 2.16. The Labute approximate surface area is 173 Å². The van der Waals surface area contributed by atoms with Gasteiger partial charge in [-0.25, -0.2) is 5.43 Å². The standard InChI is InChI=1S/C21H21N5O4/c1-15-5-3-4-6-18(15)14-30-20-9-7-17(8-10-20)16(2)23-24-21(27)13-25-12-19(11-22-25)26(28)29/h3-12H,13-14H2,1-2H3,(H,24,27)/b23-16+. The van der Waals surface area contributed by atoms with E-state index in [4.69, 9.17) is 4.74 Å². The van der Waals surface area contributed by atoms with Crippen LogP contribution in [-0.2, 0) is 17.9 Å². The summed E-state index contributed by atoms with van der Waals surface area (Å²) in [6, 6.07) is 15.5. The van der Waals surface area contributed by atoms with Crippen LogP contribution in [0, 0.1) is 17.0 Å². The Bertz CT molecular complexity index is 1070. The Kier molecular flexibility index (Phi) is 6.53. The Balaban J connectivity index is 1.53. The molecule has 3 rings (SSSR count). The number of carbonyl (C=O) groups excluding carboxylic acids is 1. The molecular weight excluding hydrogens is 386 g/mol. The summed E-state index contributed by atoms with van der Waals surface area (Å²) < 4.78 is 7.00. The summed E-state index contributed by atoms with van der Waals surface area (Å²) in [5.74, 6) is 0.296. The van der Waals surface area contributed by atoms with Crippen LogP contribution in [0.5, 0.6) is 5.75 Å². The van der Waals surface area contributed by atoms with E-state index < -0.39 is 10.8 Å². The largest absolute Gasteiger partial charge is 0.489 e. The Morgan fingerprint density at radius 1 is 1.23 bits per heavy atom. The van der Waals surface area contributed by atoms with Crippen molar-refractivity contribution < 1.29 is 14.5 Å². The molecule has 0 bridgehead atoms. The number of nitrogens with zero attached hydrogens (tertiary/aromatic N) is 4. The van der Waals surface area contributed by atoms with E-state index in [1.165, 1.54) is 16.4 Å². The molecule has 0 spiro atoms. The van der Waals surface area contributed by atoms with Gasteiger partial charge in [0.15, 0.2) is 0 Å². The van der Waals surface area contributed by atoms with Gasteiger partial charge in [0.25, 0.3) is 5.91 Å². The highest BCUT2D eigenvalue weighted by molar-refractivity contribution is 5.99. The summed E-state index contributed by atoms with van der Waals surface area (Å²) in [6.45, 7) is 4.13. The van der Waals surface area contributed by atoms with E-state index in [1.807, 2.05) is 55.5 Å². The second-order valence-corrected chi connectivity index (χ2v) is 6.62. The van der Waals surface area contributed by atoms with Crippen LogP contribution in [-0.4, -0.2) is 26.3 Å². The van der Waals surface area contributed by atoms with Crippen molar-refractivity contribution in [3.05, 3.63) is 87.7 Å². The van der Waals surface area contributed by atoms with Gasteiger partial charge >= 0.3 is 5.69 Å². The lowest BCUT2D eigenvalue weighted by Gasteiger charge is -2.09. The Morgan fingerprint density at radius 3 is 2.63 bits per heavy atom. The number of ether oxygens (including phenoxy) is 1. The summed E-state index contributed by atoms with van der Waals surface area (Å²) in [7, 11) is 0. The molecular formula is C21H21N5O4. The van der Waals surface area contributed by atoms with Gasteiger partial charge in [0, 0.05) is 0 Å². The predicted molar refractivity (Wildman–Crippen MR) is 111 cm³/mol. The first-order valence-corrected chi connectivity index (χ1v) is 9.20. The molecule has 1 N–H and O–H groups in total. The third-order valence-electron chi connectivity index (χ3n) is 4.41. The van der Waals surface area contributed by atoms with Gasteiger partial charge in [0.2, 0.25) is 0 Å². The number of aryl methyl sites for hydroxylation is 1. The Morgan fingerprint density at radius 2 is 1.97 bits per heavy atom. The molecule has 1 aromatic heterocycles. The summed E-state index contributed by atoms with van der Waals surface area (Å²) in [6.07, 6.45) is 2.27. The molecule has 0 fully saturated rings. The second kappa shape index (κ2) is 9.46. The average molecular weight is 407 g/mol. The molecule has 0 aliphatic rings. The van der Waals surface area contributed by atoms with E-state index in [2.05, 4.69) is 15.6 Å². The molecule has 0 unspecified atom stereocenters. The molecule has 30 heavy (non-hydrogen) atoms.